The summed E-state index contributed by atoms with van der Waals surface area (Å²) in [6, 6.07) is 5.78. The maximum Gasteiger partial charge on any atom is 0.216 e. The number of carbonyl (C=O) groups excluding carboxylic acids is 2. The molecule has 0 unspecified atom stereocenters. The van der Waals surface area contributed by atoms with E-state index in [1.54, 1.807) is 0 Å². The van der Waals surface area contributed by atoms with E-state index in [1.165, 1.54) is 12.1 Å². The highest BCUT2D eigenvalue weighted by Crippen LogP contribution is 2.33. The zero-order valence-corrected chi connectivity index (χ0v) is 14.4. The minimum Gasteiger partial charge on any atom is -0.282 e. The fraction of sp³-hybridized carbons (Fsp3) is 0. The Morgan fingerprint density at radius 1 is 0.840 bits per heavy atom. The van der Waals surface area contributed by atoms with Gasteiger partial charge in [0.2, 0.25) is 10.2 Å². The van der Waals surface area contributed by atoms with E-state index in [1.807, 2.05) is 0 Å². The van der Waals surface area contributed by atoms with E-state index >= 15 is 0 Å². The van der Waals surface area contributed by atoms with E-state index in [0.717, 1.165) is 42.1 Å². The maximum atomic E-state index is 14.3. The van der Waals surface area contributed by atoms with Crippen LogP contribution in [0, 0.1) is 17.5 Å². The van der Waals surface area contributed by atoms with Gasteiger partial charge in [0, 0.05) is 10.5 Å². The Morgan fingerprint density at radius 3 is 1.92 bits per heavy atom. The molecule has 2 aromatic rings. The second-order valence-electron chi connectivity index (χ2n) is 4.66. The number of hydrogen-bond donors (Lipinski definition) is 0. The average molecular weight is 380 g/mol. The van der Waals surface area contributed by atoms with Crippen molar-refractivity contribution in [3.63, 3.8) is 0 Å². The van der Waals surface area contributed by atoms with Gasteiger partial charge in [-0.15, -0.1) is 0 Å². The SMILES string of the molecule is C=CC(=O)Sc1ccc(-c2cc(F)c(SC(=O)C=C)c(F)c2)c(F)c1. The molecule has 128 valence electrons. The van der Waals surface area contributed by atoms with Crippen LogP contribution in [0.25, 0.3) is 11.1 Å². The van der Waals surface area contributed by atoms with Crippen molar-refractivity contribution in [2.24, 2.45) is 0 Å². The molecule has 0 spiro atoms. The van der Waals surface area contributed by atoms with Crippen molar-refractivity contribution >= 4 is 33.8 Å². The van der Waals surface area contributed by atoms with Crippen molar-refractivity contribution < 1.29 is 22.8 Å². The first-order valence-corrected chi connectivity index (χ1v) is 8.46. The first-order valence-electron chi connectivity index (χ1n) is 6.83. The standard InChI is InChI=1S/C18H11F3O2S2/c1-3-16(22)24-11-5-6-12(13(19)9-11)10-7-14(20)18(15(21)8-10)25-17(23)4-2/h3-9H,1-2H2. The minimum absolute atomic E-state index is 0.0190. The second-order valence-corrected chi connectivity index (χ2v) is 6.75. The molecule has 0 saturated heterocycles. The van der Waals surface area contributed by atoms with E-state index < -0.39 is 27.5 Å². The van der Waals surface area contributed by atoms with E-state index in [0.29, 0.717) is 16.7 Å². The number of thioether (sulfide) groups is 2. The molecular formula is C18H11F3O2S2. The van der Waals surface area contributed by atoms with Gasteiger partial charge < -0.3 is 0 Å². The quantitative estimate of drug-likeness (QED) is 0.515. The molecule has 0 saturated carbocycles. The van der Waals surface area contributed by atoms with Crippen LogP contribution in [0.2, 0.25) is 0 Å². The molecule has 2 nitrogen and oxygen atoms in total. The molecule has 25 heavy (non-hydrogen) atoms. The van der Waals surface area contributed by atoms with Crippen LogP contribution in [0.5, 0.6) is 0 Å². The summed E-state index contributed by atoms with van der Waals surface area (Å²) in [5.74, 6) is -2.69. The second kappa shape index (κ2) is 8.22. The van der Waals surface area contributed by atoms with E-state index in [2.05, 4.69) is 13.2 Å². The summed E-state index contributed by atoms with van der Waals surface area (Å²) in [6.07, 6.45) is 2.04. The van der Waals surface area contributed by atoms with Gasteiger partial charge in [0.15, 0.2) is 0 Å². The summed E-state index contributed by atoms with van der Waals surface area (Å²) in [5, 5.41) is -0.956. The third-order valence-electron chi connectivity index (χ3n) is 3.00. The van der Waals surface area contributed by atoms with Crippen LogP contribution in [-0.4, -0.2) is 10.2 Å². The molecule has 0 amide bonds. The Labute approximate surface area is 150 Å². The number of halogens is 3. The molecule has 2 rings (SSSR count). The number of hydrogen-bond acceptors (Lipinski definition) is 4. The van der Waals surface area contributed by atoms with Gasteiger partial charge in [-0.2, -0.15) is 0 Å². The van der Waals surface area contributed by atoms with Crippen LogP contribution >= 0.6 is 23.5 Å². The normalized spacial score (nSPS) is 10.4. The predicted molar refractivity (Wildman–Crippen MR) is 93.9 cm³/mol. The van der Waals surface area contributed by atoms with Gasteiger partial charge in [0.25, 0.3) is 0 Å². The summed E-state index contributed by atoms with van der Waals surface area (Å²) in [6.45, 7) is 6.55. The molecule has 0 fully saturated rings. The zero-order chi connectivity index (χ0) is 18.6. The van der Waals surface area contributed by atoms with Gasteiger partial charge in [0.1, 0.15) is 17.5 Å². The predicted octanol–water partition coefficient (Wildman–Crippen LogP) is 5.38. The van der Waals surface area contributed by atoms with Gasteiger partial charge >= 0.3 is 0 Å². The first-order chi connectivity index (χ1) is 11.8. The lowest BCUT2D eigenvalue weighted by molar-refractivity contribution is -0.107. The van der Waals surface area contributed by atoms with Crippen molar-refractivity contribution in [3.8, 4) is 11.1 Å². The van der Waals surface area contributed by atoms with Gasteiger partial charge in [0.05, 0.1) is 4.90 Å². The van der Waals surface area contributed by atoms with Crippen LogP contribution in [-0.2, 0) is 9.59 Å². The molecule has 2 aromatic carbocycles. The van der Waals surface area contributed by atoms with Gasteiger partial charge in [-0.25, -0.2) is 13.2 Å². The molecule has 0 aliphatic carbocycles. The van der Waals surface area contributed by atoms with Gasteiger partial charge in [-0.1, -0.05) is 19.2 Å². The fourth-order valence-electron chi connectivity index (χ4n) is 1.91. The summed E-state index contributed by atoms with van der Waals surface area (Å²) < 4.78 is 42.4. The Morgan fingerprint density at radius 2 is 1.40 bits per heavy atom. The monoisotopic (exact) mass is 380 g/mol. The molecule has 0 aliphatic heterocycles. The molecule has 0 aromatic heterocycles. The van der Waals surface area contributed by atoms with Crippen LogP contribution in [0.4, 0.5) is 13.2 Å². The lowest BCUT2D eigenvalue weighted by Crippen LogP contribution is -1.95. The van der Waals surface area contributed by atoms with E-state index in [-0.39, 0.29) is 16.2 Å². The van der Waals surface area contributed by atoms with Crippen molar-refractivity contribution in [1.82, 2.24) is 0 Å². The third-order valence-corrected chi connectivity index (χ3v) is 4.82. The van der Waals surface area contributed by atoms with E-state index in [4.69, 9.17) is 0 Å². The van der Waals surface area contributed by atoms with Crippen molar-refractivity contribution in [2.45, 2.75) is 9.79 Å². The molecule has 0 aliphatic rings. The Bertz CT molecular complexity index is 856. The van der Waals surface area contributed by atoms with Crippen LogP contribution < -0.4 is 0 Å². The van der Waals surface area contributed by atoms with Crippen molar-refractivity contribution in [3.05, 3.63) is 73.1 Å². The van der Waals surface area contributed by atoms with Crippen molar-refractivity contribution in [2.75, 3.05) is 0 Å². The molecule has 0 radical (unpaired) electrons. The lowest BCUT2D eigenvalue weighted by Gasteiger charge is -2.09. The van der Waals surface area contributed by atoms with E-state index in [9.17, 15) is 22.8 Å². The smallest absolute Gasteiger partial charge is 0.216 e. The number of rotatable bonds is 5. The molecule has 0 atom stereocenters. The van der Waals surface area contributed by atoms with Crippen LogP contribution in [0.3, 0.4) is 0 Å². The average Bonchev–Trinajstić information content (AvgIpc) is 2.57. The first kappa shape index (κ1) is 19.1. The van der Waals surface area contributed by atoms with Crippen LogP contribution in [0.1, 0.15) is 0 Å². The largest absolute Gasteiger partial charge is 0.282 e. The molecule has 0 N–H and O–H groups in total. The summed E-state index contributed by atoms with van der Waals surface area (Å²) in [4.78, 5) is 22.4. The highest BCUT2D eigenvalue weighted by Gasteiger charge is 2.17. The number of carbonyl (C=O) groups is 2. The topological polar surface area (TPSA) is 34.1 Å². The highest BCUT2D eigenvalue weighted by molar-refractivity contribution is 8.14. The van der Waals surface area contributed by atoms with Gasteiger partial charge in [-0.05, 0) is 65.5 Å². The van der Waals surface area contributed by atoms with Crippen molar-refractivity contribution in [1.29, 1.82) is 0 Å². The number of benzene rings is 2. The van der Waals surface area contributed by atoms with Gasteiger partial charge in [-0.3, -0.25) is 9.59 Å². The molecule has 0 bridgehead atoms. The summed E-state index contributed by atoms with van der Waals surface area (Å²) in [5.41, 5.74) is -0.0469. The Balaban J connectivity index is 2.39. The zero-order valence-electron chi connectivity index (χ0n) is 12.7. The Kier molecular flexibility index (Phi) is 6.27. The summed E-state index contributed by atoms with van der Waals surface area (Å²) in [7, 11) is 0. The molecular weight excluding hydrogens is 369 g/mol. The summed E-state index contributed by atoms with van der Waals surface area (Å²) >= 11 is 1.15. The fourth-order valence-corrected chi connectivity index (χ4v) is 3.12. The molecule has 7 heteroatoms. The Hall–Kier alpha value is -2.25. The minimum atomic E-state index is -0.977. The maximum absolute atomic E-state index is 14.3. The van der Waals surface area contributed by atoms with Crippen LogP contribution in [0.15, 0.2) is 65.4 Å². The lowest BCUT2D eigenvalue weighted by atomic mass is 10.0. The third kappa shape index (κ3) is 4.64. The highest BCUT2D eigenvalue weighted by atomic mass is 32.2. The molecule has 0 heterocycles.